The van der Waals surface area contributed by atoms with Gasteiger partial charge in [0, 0.05) is 37.9 Å². The van der Waals surface area contributed by atoms with Gasteiger partial charge in [-0.25, -0.2) is 8.78 Å². The van der Waals surface area contributed by atoms with Crippen LogP contribution in [0.5, 0.6) is 0 Å². The summed E-state index contributed by atoms with van der Waals surface area (Å²) in [4.78, 5) is 14.0. The molecule has 2 fully saturated rings. The Bertz CT molecular complexity index is 292. The van der Waals surface area contributed by atoms with Gasteiger partial charge < -0.3 is 10.2 Å². The summed E-state index contributed by atoms with van der Waals surface area (Å²) in [6.45, 7) is 1.49. The van der Waals surface area contributed by atoms with Crippen LogP contribution in [0.25, 0.3) is 0 Å². The molecule has 6 heteroatoms. The molecule has 1 aliphatic carbocycles. The second-order valence-corrected chi connectivity index (χ2v) is 5.19. The number of likely N-dealkylation sites (tertiary alicyclic amines) is 1. The zero-order chi connectivity index (χ0) is 12.5. The molecular weight excluding hydrogens is 262 g/mol. The first-order valence-corrected chi connectivity index (χ1v) is 6.36. The van der Waals surface area contributed by atoms with E-state index in [0.717, 1.165) is 19.5 Å². The molecule has 1 saturated heterocycles. The molecule has 0 aromatic rings. The molecule has 3 nitrogen and oxygen atoms in total. The van der Waals surface area contributed by atoms with Crippen LogP contribution in [0.4, 0.5) is 8.78 Å². The van der Waals surface area contributed by atoms with E-state index in [-0.39, 0.29) is 37.1 Å². The van der Waals surface area contributed by atoms with Gasteiger partial charge in [0.25, 0.3) is 0 Å². The summed E-state index contributed by atoms with van der Waals surface area (Å²) in [5, 5.41) is 3.15. The minimum atomic E-state index is -2.55. The van der Waals surface area contributed by atoms with Crippen molar-refractivity contribution in [2.24, 2.45) is 5.92 Å². The van der Waals surface area contributed by atoms with Gasteiger partial charge in [0.05, 0.1) is 0 Å². The number of amides is 1. The van der Waals surface area contributed by atoms with E-state index in [9.17, 15) is 13.6 Å². The molecule has 1 atom stereocenters. The van der Waals surface area contributed by atoms with E-state index in [2.05, 4.69) is 5.32 Å². The van der Waals surface area contributed by atoms with Crippen LogP contribution >= 0.6 is 12.4 Å². The maximum atomic E-state index is 13.0. The highest BCUT2D eigenvalue weighted by atomic mass is 35.5. The standard InChI is InChI=1S/C12H20F2N2O.ClH/c1-15-10-4-7-16(8-10)11(17)9-2-5-12(13,14)6-3-9;/h9-10,15H,2-8H2,1H3;1H/t10-;/m0./s1. The Labute approximate surface area is 113 Å². The predicted octanol–water partition coefficient (Wildman–Crippen LogP) is 2.05. The number of halogens is 3. The Hall–Kier alpha value is -0.420. The number of hydrogen-bond donors (Lipinski definition) is 1. The van der Waals surface area contributed by atoms with Crippen molar-refractivity contribution in [3.63, 3.8) is 0 Å². The summed E-state index contributed by atoms with van der Waals surface area (Å²) >= 11 is 0. The molecule has 0 aromatic carbocycles. The van der Waals surface area contributed by atoms with Crippen molar-refractivity contribution in [1.29, 1.82) is 0 Å². The maximum absolute atomic E-state index is 13.0. The molecule has 18 heavy (non-hydrogen) atoms. The summed E-state index contributed by atoms with van der Waals surface area (Å²) in [6, 6.07) is 0.365. The van der Waals surface area contributed by atoms with Crippen molar-refractivity contribution in [1.82, 2.24) is 10.2 Å². The first-order chi connectivity index (χ1) is 8.02. The van der Waals surface area contributed by atoms with E-state index in [0.29, 0.717) is 18.9 Å². The summed E-state index contributed by atoms with van der Waals surface area (Å²) < 4.78 is 26.0. The highest BCUT2D eigenvalue weighted by molar-refractivity contribution is 5.85. The van der Waals surface area contributed by atoms with Crippen LogP contribution in [-0.4, -0.2) is 42.9 Å². The highest BCUT2D eigenvalue weighted by Crippen LogP contribution is 2.37. The van der Waals surface area contributed by atoms with Gasteiger partial charge in [0.15, 0.2) is 0 Å². The van der Waals surface area contributed by atoms with Crippen molar-refractivity contribution >= 4 is 18.3 Å². The number of carbonyl (C=O) groups excluding carboxylic acids is 1. The second kappa shape index (κ2) is 6.15. The zero-order valence-corrected chi connectivity index (χ0v) is 11.4. The third kappa shape index (κ3) is 3.54. The number of hydrogen-bond acceptors (Lipinski definition) is 2. The van der Waals surface area contributed by atoms with Gasteiger partial charge in [-0.05, 0) is 26.3 Å². The molecule has 0 aromatic heterocycles. The lowest BCUT2D eigenvalue weighted by Gasteiger charge is -2.30. The van der Waals surface area contributed by atoms with Crippen LogP contribution in [0.3, 0.4) is 0 Å². The van der Waals surface area contributed by atoms with E-state index in [4.69, 9.17) is 0 Å². The lowest BCUT2D eigenvalue weighted by Crippen LogP contribution is -2.39. The Morgan fingerprint density at radius 2 is 1.89 bits per heavy atom. The maximum Gasteiger partial charge on any atom is 0.248 e. The average Bonchev–Trinajstić information content (AvgIpc) is 2.76. The van der Waals surface area contributed by atoms with Crippen LogP contribution in [0, 0.1) is 5.92 Å². The fraction of sp³-hybridized carbons (Fsp3) is 0.917. The smallest absolute Gasteiger partial charge is 0.248 e. The molecule has 1 amide bonds. The van der Waals surface area contributed by atoms with Gasteiger partial charge >= 0.3 is 0 Å². The zero-order valence-electron chi connectivity index (χ0n) is 10.6. The quantitative estimate of drug-likeness (QED) is 0.841. The van der Waals surface area contributed by atoms with Crippen molar-refractivity contribution in [2.75, 3.05) is 20.1 Å². The van der Waals surface area contributed by atoms with Gasteiger partial charge in [0.1, 0.15) is 0 Å². The van der Waals surface area contributed by atoms with Crippen molar-refractivity contribution < 1.29 is 13.6 Å². The summed E-state index contributed by atoms with van der Waals surface area (Å²) in [6.07, 6.45) is 1.38. The Kier molecular flexibility index (Phi) is 5.34. The Morgan fingerprint density at radius 3 is 2.39 bits per heavy atom. The SMILES string of the molecule is CN[C@H]1CCN(C(=O)C2CCC(F)(F)CC2)C1.Cl. The Balaban J connectivity index is 0.00000162. The van der Waals surface area contributed by atoms with Crippen molar-refractivity contribution in [2.45, 2.75) is 44.1 Å². The average molecular weight is 283 g/mol. The first kappa shape index (κ1) is 15.6. The monoisotopic (exact) mass is 282 g/mol. The van der Waals surface area contributed by atoms with Crippen LogP contribution in [-0.2, 0) is 4.79 Å². The molecule has 1 heterocycles. The molecule has 1 saturated carbocycles. The number of nitrogens with one attached hydrogen (secondary N) is 1. The molecule has 2 rings (SSSR count). The summed E-state index contributed by atoms with van der Waals surface area (Å²) in [5.74, 6) is -2.64. The molecule has 106 valence electrons. The minimum absolute atomic E-state index is 0. The third-order valence-corrected chi connectivity index (χ3v) is 3.97. The van der Waals surface area contributed by atoms with Gasteiger partial charge in [-0.3, -0.25) is 4.79 Å². The van der Waals surface area contributed by atoms with Crippen LogP contribution < -0.4 is 5.32 Å². The molecular formula is C12H21ClF2N2O. The van der Waals surface area contributed by atoms with Crippen LogP contribution in [0.1, 0.15) is 32.1 Å². The van der Waals surface area contributed by atoms with E-state index < -0.39 is 5.92 Å². The van der Waals surface area contributed by atoms with Crippen LogP contribution in [0.2, 0.25) is 0 Å². The fourth-order valence-electron chi connectivity index (χ4n) is 2.74. The van der Waals surface area contributed by atoms with Gasteiger partial charge in [-0.1, -0.05) is 0 Å². The largest absolute Gasteiger partial charge is 0.341 e. The topological polar surface area (TPSA) is 32.3 Å². The third-order valence-electron chi connectivity index (χ3n) is 3.97. The van der Waals surface area contributed by atoms with E-state index in [1.54, 1.807) is 0 Å². The highest BCUT2D eigenvalue weighted by Gasteiger charge is 2.39. The van der Waals surface area contributed by atoms with Gasteiger partial charge in [-0.2, -0.15) is 0 Å². The number of likely N-dealkylation sites (N-methyl/N-ethyl adjacent to an activating group) is 1. The van der Waals surface area contributed by atoms with E-state index in [1.807, 2.05) is 11.9 Å². The summed E-state index contributed by atoms with van der Waals surface area (Å²) in [5.41, 5.74) is 0. The number of alkyl halides is 2. The lowest BCUT2D eigenvalue weighted by molar-refractivity contribution is -0.138. The van der Waals surface area contributed by atoms with E-state index in [1.165, 1.54) is 0 Å². The van der Waals surface area contributed by atoms with E-state index >= 15 is 0 Å². The molecule has 0 spiro atoms. The second-order valence-electron chi connectivity index (χ2n) is 5.19. The Morgan fingerprint density at radius 1 is 1.28 bits per heavy atom. The number of carbonyl (C=O) groups is 1. The van der Waals surface area contributed by atoms with Gasteiger partial charge in [0.2, 0.25) is 11.8 Å². The minimum Gasteiger partial charge on any atom is -0.341 e. The number of nitrogens with zero attached hydrogens (tertiary/aromatic N) is 1. The fourth-order valence-corrected chi connectivity index (χ4v) is 2.74. The van der Waals surface area contributed by atoms with Gasteiger partial charge in [-0.15, -0.1) is 12.4 Å². The molecule has 1 N–H and O–H groups in total. The van der Waals surface area contributed by atoms with Crippen LogP contribution in [0.15, 0.2) is 0 Å². The lowest BCUT2D eigenvalue weighted by atomic mass is 9.86. The molecule has 0 radical (unpaired) electrons. The molecule has 0 bridgehead atoms. The summed E-state index contributed by atoms with van der Waals surface area (Å²) in [7, 11) is 1.89. The normalized spacial score (nSPS) is 27.9. The first-order valence-electron chi connectivity index (χ1n) is 6.36. The van der Waals surface area contributed by atoms with Crippen molar-refractivity contribution in [3.05, 3.63) is 0 Å². The number of rotatable bonds is 2. The van der Waals surface area contributed by atoms with Crippen molar-refractivity contribution in [3.8, 4) is 0 Å². The molecule has 1 aliphatic heterocycles. The molecule has 0 unspecified atom stereocenters. The predicted molar refractivity (Wildman–Crippen MR) is 68.2 cm³/mol. The molecule has 2 aliphatic rings.